The fraction of sp³-hybridized carbons (Fsp3) is 0.500. The molecule has 3 aromatic rings. The van der Waals surface area contributed by atoms with Crippen LogP contribution in [-0.2, 0) is 6.54 Å². The van der Waals surface area contributed by atoms with E-state index >= 15 is 0 Å². The van der Waals surface area contributed by atoms with E-state index in [1.54, 1.807) is 24.0 Å². The molecule has 0 unspecified atom stereocenters. The number of hydrogen-bond acceptors (Lipinski definition) is 7. The quantitative estimate of drug-likeness (QED) is 0.722. The molecule has 24 heavy (non-hydrogen) atoms. The Morgan fingerprint density at radius 2 is 2.08 bits per heavy atom. The largest absolute Gasteiger partial charge is 0.480 e. The molecular formula is C16H20N6O2. The lowest BCUT2D eigenvalue weighted by molar-refractivity contribution is 0.198. The maximum Gasteiger partial charge on any atom is 0.231 e. The molecule has 0 radical (unpaired) electrons. The minimum Gasteiger partial charge on any atom is -0.480 e. The number of aryl methyl sites for hydroxylation is 1. The minimum atomic E-state index is 0.356. The van der Waals surface area contributed by atoms with Gasteiger partial charge in [0.25, 0.3) is 0 Å². The third-order valence-electron chi connectivity index (χ3n) is 4.48. The molecule has 0 aromatic carbocycles. The lowest BCUT2D eigenvalue weighted by atomic mass is 9.96. The summed E-state index contributed by atoms with van der Waals surface area (Å²) in [7, 11) is 1.61. The monoisotopic (exact) mass is 328 g/mol. The van der Waals surface area contributed by atoms with Crippen LogP contribution in [0.4, 0.5) is 0 Å². The van der Waals surface area contributed by atoms with Crippen LogP contribution in [0.3, 0.4) is 0 Å². The second-order valence-electron chi connectivity index (χ2n) is 6.11. The molecule has 126 valence electrons. The van der Waals surface area contributed by atoms with Crippen molar-refractivity contribution in [3.63, 3.8) is 0 Å². The maximum absolute atomic E-state index is 5.28. The van der Waals surface area contributed by atoms with Gasteiger partial charge in [0.15, 0.2) is 17.4 Å². The van der Waals surface area contributed by atoms with Gasteiger partial charge in [-0.25, -0.2) is 4.98 Å². The van der Waals surface area contributed by atoms with Crippen LogP contribution in [0, 0.1) is 6.92 Å². The third kappa shape index (κ3) is 2.84. The van der Waals surface area contributed by atoms with Gasteiger partial charge in [-0.2, -0.15) is 4.52 Å². The lowest BCUT2D eigenvalue weighted by Gasteiger charge is -2.30. The summed E-state index contributed by atoms with van der Waals surface area (Å²) in [4.78, 5) is 6.77. The highest BCUT2D eigenvalue weighted by atomic mass is 16.5. The number of methoxy groups -OCH3 is 1. The van der Waals surface area contributed by atoms with Crippen molar-refractivity contribution < 1.29 is 9.15 Å². The van der Waals surface area contributed by atoms with E-state index in [0.29, 0.717) is 11.8 Å². The predicted molar refractivity (Wildman–Crippen MR) is 85.8 cm³/mol. The van der Waals surface area contributed by atoms with Gasteiger partial charge in [0.2, 0.25) is 5.88 Å². The average Bonchev–Trinajstić information content (AvgIpc) is 3.21. The number of aromatic nitrogens is 5. The van der Waals surface area contributed by atoms with Crippen LogP contribution < -0.4 is 4.74 Å². The summed E-state index contributed by atoms with van der Waals surface area (Å²) in [6.45, 7) is 4.69. The second-order valence-corrected chi connectivity index (χ2v) is 6.11. The first kappa shape index (κ1) is 15.1. The third-order valence-corrected chi connectivity index (χ3v) is 4.48. The van der Waals surface area contributed by atoms with Crippen LogP contribution in [0.5, 0.6) is 5.88 Å². The van der Waals surface area contributed by atoms with Crippen molar-refractivity contribution in [2.75, 3.05) is 20.2 Å². The molecule has 1 saturated heterocycles. The van der Waals surface area contributed by atoms with E-state index in [4.69, 9.17) is 9.15 Å². The van der Waals surface area contributed by atoms with Crippen LogP contribution in [0.1, 0.15) is 36.2 Å². The molecular weight excluding hydrogens is 308 g/mol. The highest BCUT2D eigenvalue weighted by molar-refractivity contribution is 5.38. The first-order valence-corrected chi connectivity index (χ1v) is 8.12. The summed E-state index contributed by atoms with van der Waals surface area (Å²) in [5.74, 6) is 2.56. The average molecular weight is 328 g/mol. The molecule has 0 aliphatic carbocycles. The number of piperidine rings is 1. The Kier molecular flexibility index (Phi) is 3.89. The van der Waals surface area contributed by atoms with E-state index in [-0.39, 0.29) is 0 Å². The number of hydrogen-bond donors (Lipinski definition) is 0. The van der Waals surface area contributed by atoms with Crippen molar-refractivity contribution in [3.8, 4) is 5.88 Å². The maximum atomic E-state index is 5.28. The van der Waals surface area contributed by atoms with E-state index in [1.165, 1.54) is 0 Å². The first-order valence-electron chi connectivity index (χ1n) is 8.12. The number of fused-ring (bicyclic) bond motifs is 1. The Labute approximate surface area is 139 Å². The standard InChI is InChI=1S/C16H20N6O2/c1-11-17-13(10-24-11)9-21-7-5-12(6-8-21)16-19-18-14-3-4-15(23-2)20-22(14)16/h3-4,10,12H,5-9H2,1-2H3. The van der Waals surface area contributed by atoms with E-state index in [0.717, 1.165) is 55.5 Å². The van der Waals surface area contributed by atoms with Crippen LogP contribution >= 0.6 is 0 Å². The van der Waals surface area contributed by atoms with Gasteiger partial charge in [-0.1, -0.05) is 0 Å². The molecule has 0 atom stereocenters. The van der Waals surface area contributed by atoms with E-state index in [2.05, 4.69) is 25.2 Å². The number of likely N-dealkylation sites (tertiary alicyclic amines) is 1. The Balaban J connectivity index is 1.45. The minimum absolute atomic E-state index is 0.356. The summed E-state index contributed by atoms with van der Waals surface area (Å²) in [5.41, 5.74) is 1.75. The van der Waals surface area contributed by atoms with Crippen LogP contribution in [0.15, 0.2) is 22.8 Å². The SMILES string of the molecule is COc1ccc2nnc(C3CCN(Cc4coc(C)n4)CC3)n2n1. The number of ether oxygens (including phenoxy) is 1. The lowest BCUT2D eigenvalue weighted by Crippen LogP contribution is -2.33. The number of nitrogens with zero attached hydrogens (tertiary/aromatic N) is 6. The summed E-state index contributed by atoms with van der Waals surface area (Å²) >= 11 is 0. The molecule has 3 aromatic heterocycles. The summed E-state index contributed by atoms with van der Waals surface area (Å²) in [6.07, 6.45) is 3.79. The molecule has 8 heteroatoms. The fourth-order valence-corrected chi connectivity index (χ4v) is 3.21. The van der Waals surface area contributed by atoms with Gasteiger partial charge in [0, 0.05) is 25.5 Å². The molecule has 1 aliphatic rings. The molecule has 0 saturated carbocycles. The van der Waals surface area contributed by atoms with Crippen molar-refractivity contribution in [1.82, 2.24) is 29.7 Å². The number of oxazole rings is 1. The molecule has 4 rings (SSSR count). The molecule has 0 bridgehead atoms. The van der Waals surface area contributed by atoms with E-state index < -0.39 is 0 Å². The smallest absolute Gasteiger partial charge is 0.231 e. The van der Waals surface area contributed by atoms with Gasteiger partial charge in [0.1, 0.15) is 6.26 Å². The van der Waals surface area contributed by atoms with Gasteiger partial charge in [-0.3, -0.25) is 4.90 Å². The van der Waals surface area contributed by atoms with Crippen molar-refractivity contribution in [1.29, 1.82) is 0 Å². The molecule has 4 heterocycles. The normalized spacial score (nSPS) is 16.8. The molecule has 0 amide bonds. The van der Waals surface area contributed by atoms with Crippen molar-refractivity contribution in [2.45, 2.75) is 32.2 Å². The predicted octanol–water partition coefficient (Wildman–Crippen LogP) is 1.81. The molecule has 8 nitrogen and oxygen atoms in total. The topological polar surface area (TPSA) is 81.6 Å². The molecule has 0 N–H and O–H groups in total. The van der Waals surface area contributed by atoms with Gasteiger partial charge >= 0.3 is 0 Å². The Bertz CT molecular complexity index is 834. The van der Waals surface area contributed by atoms with E-state index in [9.17, 15) is 0 Å². The summed E-state index contributed by atoms with van der Waals surface area (Å²) in [6, 6.07) is 3.68. The van der Waals surface area contributed by atoms with Gasteiger partial charge < -0.3 is 9.15 Å². The zero-order chi connectivity index (χ0) is 16.5. The van der Waals surface area contributed by atoms with Crippen LogP contribution in [-0.4, -0.2) is 49.9 Å². The molecule has 1 fully saturated rings. The van der Waals surface area contributed by atoms with Crippen molar-refractivity contribution >= 4 is 5.65 Å². The van der Waals surface area contributed by atoms with Crippen molar-refractivity contribution in [3.05, 3.63) is 35.8 Å². The fourth-order valence-electron chi connectivity index (χ4n) is 3.21. The summed E-state index contributed by atoms with van der Waals surface area (Å²) in [5, 5.41) is 13.0. The van der Waals surface area contributed by atoms with Crippen LogP contribution in [0.25, 0.3) is 5.65 Å². The Hall–Kier alpha value is -2.48. The zero-order valence-corrected chi connectivity index (χ0v) is 13.8. The zero-order valence-electron chi connectivity index (χ0n) is 13.8. The van der Waals surface area contributed by atoms with Gasteiger partial charge in [-0.15, -0.1) is 15.3 Å². The first-order chi connectivity index (χ1) is 11.7. The second kappa shape index (κ2) is 6.20. The highest BCUT2D eigenvalue weighted by Crippen LogP contribution is 2.27. The van der Waals surface area contributed by atoms with E-state index in [1.807, 2.05) is 13.0 Å². The van der Waals surface area contributed by atoms with Gasteiger partial charge in [-0.05, 0) is 32.0 Å². The van der Waals surface area contributed by atoms with Gasteiger partial charge in [0.05, 0.1) is 12.8 Å². The Morgan fingerprint density at radius 3 is 2.79 bits per heavy atom. The Morgan fingerprint density at radius 1 is 1.25 bits per heavy atom. The molecule has 1 aliphatic heterocycles. The highest BCUT2D eigenvalue weighted by Gasteiger charge is 2.25. The molecule has 0 spiro atoms. The van der Waals surface area contributed by atoms with Crippen molar-refractivity contribution in [2.24, 2.45) is 0 Å². The summed E-state index contributed by atoms with van der Waals surface area (Å²) < 4.78 is 12.3. The van der Waals surface area contributed by atoms with Crippen LogP contribution in [0.2, 0.25) is 0 Å². The number of rotatable bonds is 4.